The lowest BCUT2D eigenvalue weighted by molar-refractivity contribution is -0.133. The molecule has 3 nitrogen and oxygen atoms in total. The van der Waals surface area contributed by atoms with Gasteiger partial charge in [-0.25, -0.2) is 0 Å². The van der Waals surface area contributed by atoms with E-state index in [0.29, 0.717) is 0 Å². The summed E-state index contributed by atoms with van der Waals surface area (Å²) in [4.78, 5) is 14.1. The molecule has 1 aliphatic heterocycles. The Morgan fingerprint density at radius 2 is 1.79 bits per heavy atom. The monoisotopic (exact) mass is 283 g/mol. The zero-order valence-corrected chi connectivity index (χ0v) is 12.4. The molecule has 0 aliphatic carbocycles. The Bertz CT molecular complexity index is 386. The minimum absolute atomic E-state index is 0.0641. The summed E-state index contributed by atoms with van der Waals surface area (Å²) < 4.78 is 0. The molecule has 1 N–H and O–H groups in total. The predicted octanol–water partition coefficient (Wildman–Crippen LogP) is 2.75. The molecule has 1 amide bonds. The highest BCUT2D eigenvalue weighted by Gasteiger charge is 2.23. The van der Waals surface area contributed by atoms with Crippen LogP contribution < -0.4 is 0 Å². The van der Waals surface area contributed by atoms with Gasteiger partial charge in [-0.1, -0.05) is 30.7 Å². The predicted molar refractivity (Wildman–Crippen MR) is 78.3 cm³/mol. The van der Waals surface area contributed by atoms with Crippen molar-refractivity contribution in [3.63, 3.8) is 0 Å². The van der Waals surface area contributed by atoms with Gasteiger partial charge < -0.3 is 10.0 Å². The van der Waals surface area contributed by atoms with Crippen LogP contribution in [-0.2, 0) is 11.2 Å². The Kier molecular flexibility index (Phi) is 6.89. The zero-order chi connectivity index (χ0) is 14.3. The standard InChI is InChI=1S/C14H18ClNO.CH4O/c1-11(14(17)16-8-2-3-9-16)10-12-4-6-13(15)7-5-12;1-2/h4-7,11H,2-3,8-10H2,1H3;2H,1H3. The molecule has 1 heterocycles. The van der Waals surface area contributed by atoms with Crippen molar-refractivity contribution in [2.45, 2.75) is 26.2 Å². The average Bonchev–Trinajstić information content (AvgIpc) is 2.97. The largest absolute Gasteiger partial charge is 0.400 e. The van der Waals surface area contributed by atoms with Crippen molar-refractivity contribution in [2.75, 3.05) is 20.2 Å². The molecule has 2 rings (SSSR count). The van der Waals surface area contributed by atoms with E-state index >= 15 is 0 Å². The van der Waals surface area contributed by atoms with E-state index in [4.69, 9.17) is 16.7 Å². The number of nitrogens with zero attached hydrogens (tertiary/aromatic N) is 1. The number of aliphatic hydroxyl groups is 1. The van der Waals surface area contributed by atoms with Crippen LogP contribution in [0.5, 0.6) is 0 Å². The highest BCUT2D eigenvalue weighted by molar-refractivity contribution is 6.30. The molecule has 1 saturated heterocycles. The number of hydrogen-bond donors (Lipinski definition) is 1. The van der Waals surface area contributed by atoms with E-state index < -0.39 is 0 Å². The number of benzene rings is 1. The number of rotatable bonds is 3. The summed E-state index contributed by atoms with van der Waals surface area (Å²) in [6, 6.07) is 7.75. The fourth-order valence-electron chi connectivity index (χ4n) is 2.31. The van der Waals surface area contributed by atoms with Gasteiger partial charge in [-0.05, 0) is 37.0 Å². The Balaban J connectivity index is 0.000000861. The first-order valence-electron chi connectivity index (χ1n) is 6.65. The van der Waals surface area contributed by atoms with Gasteiger partial charge in [0.2, 0.25) is 5.91 Å². The van der Waals surface area contributed by atoms with Gasteiger partial charge >= 0.3 is 0 Å². The molecule has 0 saturated carbocycles. The fourth-order valence-corrected chi connectivity index (χ4v) is 2.44. The summed E-state index contributed by atoms with van der Waals surface area (Å²) in [6.45, 7) is 3.88. The lowest BCUT2D eigenvalue weighted by Gasteiger charge is -2.20. The molecule has 4 heteroatoms. The molecule has 1 unspecified atom stereocenters. The maximum Gasteiger partial charge on any atom is 0.225 e. The molecular weight excluding hydrogens is 262 g/mol. The smallest absolute Gasteiger partial charge is 0.225 e. The van der Waals surface area contributed by atoms with Crippen LogP contribution in [0.4, 0.5) is 0 Å². The number of likely N-dealkylation sites (tertiary alicyclic amines) is 1. The summed E-state index contributed by atoms with van der Waals surface area (Å²) in [5, 5.41) is 7.74. The number of hydrogen-bond acceptors (Lipinski definition) is 2. The minimum Gasteiger partial charge on any atom is -0.400 e. The second-order valence-corrected chi connectivity index (χ2v) is 5.20. The van der Waals surface area contributed by atoms with Crippen LogP contribution in [-0.4, -0.2) is 36.1 Å². The number of carbonyl (C=O) groups excluding carboxylic acids is 1. The van der Waals surface area contributed by atoms with E-state index in [1.165, 1.54) is 5.56 Å². The summed E-state index contributed by atoms with van der Waals surface area (Å²) in [5.41, 5.74) is 1.18. The van der Waals surface area contributed by atoms with Crippen molar-refractivity contribution in [3.8, 4) is 0 Å². The van der Waals surface area contributed by atoms with Crippen molar-refractivity contribution in [1.29, 1.82) is 0 Å². The Morgan fingerprint density at radius 3 is 2.32 bits per heavy atom. The molecule has 0 spiro atoms. The molecule has 0 radical (unpaired) electrons. The van der Waals surface area contributed by atoms with Crippen molar-refractivity contribution in [1.82, 2.24) is 4.90 Å². The SMILES string of the molecule is CC(Cc1ccc(Cl)cc1)C(=O)N1CCCC1.CO. The third-order valence-electron chi connectivity index (χ3n) is 3.29. The molecule has 0 bridgehead atoms. The van der Waals surface area contributed by atoms with E-state index in [2.05, 4.69) is 0 Å². The van der Waals surface area contributed by atoms with Crippen LogP contribution in [0.25, 0.3) is 0 Å². The lowest BCUT2D eigenvalue weighted by atomic mass is 10.00. The number of aliphatic hydroxyl groups excluding tert-OH is 1. The van der Waals surface area contributed by atoms with Gasteiger partial charge in [0.25, 0.3) is 0 Å². The number of amides is 1. The first-order chi connectivity index (χ1) is 9.16. The molecule has 19 heavy (non-hydrogen) atoms. The van der Waals surface area contributed by atoms with Crippen molar-refractivity contribution < 1.29 is 9.90 Å². The first-order valence-corrected chi connectivity index (χ1v) is 7.02. The van der Waals surface area contributed by atoms with Crippen molar-refractivity contribution in [3.05, 3.63) is 34.9 Å². The molecule has 1 atom stereocenters. The van der Waals surface area contributed by atoms with E-state index in [-0.39, 0.29) is 11.8 Å². The summed E-state index contributed by atoms with van der Waals surface area (Å²) >= 11 is 5.84. The van der Waals surface area contributed by atoms with Gasteiger partial charge in [-0.3, -0.25) is 4.79 Å². The summed E-state index contributed by atoms with van der Waals surface area (Å²) in [6.07, 6.45) is 3.10. The molecule has 106 valence electrons. The highest BCUT2D eigenvalue weighted by atomic mass is 35.5. The molecule has 1 aromatic carbocycles. The minimum atomic E-state index is 0.0641. The summed E-state index contributed by atoms with van der Waals surface area (Å²) in [7, 11) is 1.00. The average molecular weight is 284 g/mol. The van der Waals surface area contributed by atoms with Crippen LogP contribution >= 0.6 is 11.6 Å². The Hall–Kier alpha value is -1.06. The van der Waals surface area contributed by atoms with Crippen LogP contribution in [0, 0.1) is 5.92 Å². The lowest BCUT2D eigenvalue weighted by Crippen LogP contribution is -2.33. The van der Waals surface area contributed by atoms with Crippen LogP contribution in [0.2, 0.25) is 5.02 Å². The molecular formula is C15H22ClNO2. The topological polar surface area (TPSA) is 40.5 Å². The van der Waals surface area contributed by atoms with Gasteiger partial charge in [-0.2, -0.15) is 0 Å². The number of halogens is 1. The van der Waals surface area contributed by atoms with Crippen LogP contribution in [0.3, 0.4) is 0 Å². The second-order valence-electron chi connectivity index (χ2n) is 4.76. The Morgan fingerprint density at radius 1 is 1.26 bits per heavy atom. The Labute approximate surface area is 120 Å². The number of carbonyl (C=O) groups is 1. The molecule has 0 aromatic heterocycles. The van der Waals surface area contributed by atoms with Gasteiger partial charge in [-0.15, -0.1) is 0 Å². The van der Waals surface area contributed by atoms with Gasteiger partial charge in [0.05, 0.1) is 0 Å². The second kappa shape index (κ2) is 8.18. The third-order valence-corrected chi connectivity index (χ3v) is 3.55. The van der Waals surface area contributed by atoms with Gasteiger partial charge in [0.15, 0.2) is 0 Å². The molecule has 1 aliphatic rings. The van der Waals surface area contributed by atoms with Gasteiger partial charge in [0, 0.05) is 31.1 Å². The fraction of sp³-hybridized carbons (Fsp3) is 0.533. The van der Waals surface area contributed by atoms with Gasteiger partial charge in [0.1, 0.15) is 0 Å². The van der Waals surface area contributed by atoms with Crippen LogP contribution in [0.1, 0.15) is 25.3 Å². The highest BCUT2D eigenvalue weighted by Crippen LogP contribution is 2.17. The van der Waals surface area contributed by atoms with Crippen molar-refractivity contribution in [2.24, 2.45) is 5.92 Å². The molecule has 1 fully saturated rings. The third kappa shape index (κ3) is 4.84. The zero-order valence-electron chi connectivity index (χ0n) is 11.6. The normalized spacial score (nSPS) is 15.7. The van der Waals surface area contributed by atoms with Crippen molar-refractivity contribution >= 4 is 17.5 Å². The maximum atomic E-state index is 12.1. The van der Waals surface area contributed by atoms with E-state index in [1.54, 1.807) is 0 Å². The van der Waals surface area contributed by atoms with E-state index in [1.807, 2.05) is 36.1 Å². The first kappa shape index (κ1) is 16.0. The maximum absolute atomic E-state index is 12.1. The van der Waals surface area contributed by atoms with E-state index in [0.717, 1.165) is 44.5 Å². The summed E-state index contributed by atoms with van der Waals surface area (Å²) in [5.74, 6) is 0.353. The van der Waals surface area contributed by atoms with E-state index in [9.17, 15) is 4.79 Å². The van der Waals surface area contributed by atoms with Crippen LogP contribution in [0.15, 0.2) is 24.3 Å². The quantitative estimate of drug-likeness (QED) is 0.927. The molecule has 1 aromatic rings.